The Labute approximate surface area is 50.0 Å². The van der Waals surface area contributed by atoms with E-state index in [4.69, 9.17) is 0 Å². The van der Waals surface area contributed by atoms with Gasteiger partial charge < -0.3 is 6.92 Å². The van der Waals surface area contributed by atoms with E-state index in [1.165, 1.54) is 0 Å². The van der Waals surface area contributed by atoms with E-state index >= 15 is 0 Å². The molecule has 0 aromatic rings. The van der Waals surface area contributed by atoms with E-state index in [0.29, 0.717) is 0 Å². The summed E-state index contributed by atoms with van der Waals surface area (Å²) in [4.78, 5) is 0. The summed E-state index contributed by atoms with van der Waals surface area (Å²) in [6.45, 7) is 5.00. The predicted octanol–water partition coefficient (Wildman–Crippen LogP) is 0.457. The fourth-order valence-corrected chi connectivity index (χ4v) is 0. The molecule has 0 bridgehead atoms. The second kappa shape index (κ2) is 32.1. The second-order valence-corrected chi connectivity index (χ2v) is 0. The third-order valence-corrected chi connectivity index (χ3v) is 0. The van der Waals surface area contributed by atoms with Crippen molar-refractivity contribution in [1.29, 1.82) is 0 Å². The second-order valence-electron chi connectivity index (χ2n) is 0. The first kappa shape index (κ1) is 19.4. The van der Waals surface area contributed by atoms with Crippen LogP contribution in [0.1, 0.15) is 6.92 Å². The maximum Gasteiger partial charge on any atom is 1.00 e. The zero-order chi connectivity index (χ0) is 2.00. The molecule has 0 saturated carbocycles. The molecule has 0 saturated heterocycles. The monoisotopic (exact) mass is 99.0 g/mol. The summed E-state index contributed by atoms with van der Waals surface area (Å²) >= 11 is 0. The van der Waals surface area contributed by atoms with Gasteiger partial charge in [0.15, 0.2) is 0 Å². The van der Waals surface area contributed by atoms with Crippen molar-refractivity contribution in [2.75, 3.05) is 0 Å². The Kier molecular flexibility index (Phi) is 155. The van der Waals surface area contributed by atoms with Crippen LogP contribution in [0.2, 0.25) is 0 Å². The van der Waals surface area contributed by atoms with E-state index in [1.807, 2.05) is 0 Å². The quantitative estimate of drug-likeness (QED) is 0.306. The zero-order valence-corrected chi connectivity index (χ0v) is 3.95. The van der Waals surface area contributed by atoms with Crippen LogP contribution in [0.4, 0.5) is 0 Å². The Morgan fingerprint density at radius 3 is 1.25 bits per heavy atom. The van der Waals surface area contributed by atoms with Crippen LogP contribution in [-0.4, -0.2) is 18.9 Å². The van der Waals surface area contributed by atoms with Crippen molar-refractivity contribution in [3.05, 3.63) is 6.92 Å². The third-order valence-electron chi connectivity index (χ3n) is 0. The molecule has 0 aliphatic carbocycles. The number of hydrogen-bond acceptors (Lipinski definition) is 0. The SMILES string of the molecule is [CH2-]C.[Cu+].[Li]. The van der Waals surface area contributed by atoms with Crippen LogP contribution < -0.4 is 0 Å². The Morgan fingerprint density at radius 1 is 1.25 bits per heavy atom. The van der Waals surface area contributed by atoms with Gasteiger partial charge in [0, 0.05) is 18.9 Å². The summed E-state index contributed by atoms with van der Waals surface area (Å²) in [5.41, 5.74) is 0. The van der Waals surface area contributed by atoms with Gasteiger partial charge >= 0.3 is 17.1 Å². The van der Waals surface area contributed by atoms with Gasteiger partial charge in [0.05, 0.1) is 0 Å². The molecule has 0 unspecified atom stereocenters. The molecule has 0 N–H and O–H groups in total. The largest absolute Gasteiger partial charge is 1.00 e. The van der Waals surface area contributed by atoms with Crippen molar-refractivity contribution < 1.29 is 17.1 Å². The number of hydrogen-bond donors (Lipinski definition) is 0. The van der Waals surface area contributed by atoms with Crippen molar-refractivity contribution in [3.8, 4) is 0 Å². The molecule has 0 aromatic carbocycles. The van der Waals surface area contributed by atoms with Gasteiger partial charge in [-0.05, 0) is 0 Å². The van der Waals surface area contributed by atoms with Crippen LogP contribution in [-0.2, 0) is 17.1 Å². The molecule has 0 fully saturated rings. The summed E-state index contributed by atoms with van der Waals surface area (Å²) in [6, 6.07) is 0. The van der Waals surface area contributed by atoms with Gasteiger partial charge in [0.25, 0.3) is 0 Å². The van der Waals surface area contributed by atoms with Gasteiger partial charge in [0.1, 0.15) is 0 Å². The summed E-state index contributed by atoms with van der Waals surface area (Å²) in [6.07, 6.45) is 0. The molecule has 0 aliphatic rings. The Balaban J connectivity index is -0.00000000500. The van der Waals surface area contributed by atoms with Gasteiger partial charge in [-0.1, -0.05) is 0 Å². The molecule has 0 aliphatic heterocycles. The zero-order valence-electron chi connectivity index (χ0n) is 3.01. The molecule has 0 rings (SSSR count). The summed E-state index contributed by atoms with van der Waals surface area (Å²) < 4.78 is 0. The fraction of sp³-hybridized carbons (Fsp3) is 0.500. The predicted molar refractivity (Wildman–Crippen MR) is 16.8 cm³/mol. The maximum atomic E-state index is 3.25. The summed E-state index contributed by atoms with van der Waals surface area (Å²) in [5.74, 6) is 0. The molecule has 2 heteroatoms. The minimum atomic E-state index is 0. The van der Waals surface area contributed by atoms with E-state index in [9.17, 15) is 0 Å². The smallest absolute Gasteiger partial charge is 0.346 e. The van der Waals surface area contributed by atoms with Crippen LogP contribution in [0.5, 0.6) is 0 Å². The average Bonchev–Trinajstić information content (AvgIpc) is 1.00. The van der Waals surface area contributed by atoms with E-state index in [0.717, 1.165) is 0 Å². The Hall–Kier alpha value is 1.12. The average molecular weight is 99.5 g/mol. The maximum absolute atomic E-state index is 3.25. The molecule has 4 heavy (non-hydrogen) atoms. The minimum absolute atomic E-state index is 0. The van der Waals surface area contributed by atoms with E-state index in [-0.39, 0.29) is 35.9 Å². The van der Waals surface area contributed by atoms with Gasteiger partial charge in [-0.15, -0.1) is 0 Å². The van der Waals surface area contributed by atoms with Crippen molar-refractivity contribution in [2.24, 2.45) is 0 Å². The van der Waals surface area contributed by atoms with Gasteiger partial charge in [0.2, 0.25) is 0 Å². The van der Waals surface area contributed by atoms with Crippen LogP contribution in [0.15, 0.2) is 0 Å². The first-order chi connectivity index (χ1) is 1.00. The fourth-order valence-electron chi connectivity index (χ4n) is 0. The molecule has 0 aromatic heterocycles. The standard InChI is InChI=1S/C2H5.Cu.Li/c1-2;;/h1H2,2H3;;/q-1;+1;. The Bertz CT molecular complexity index is 6.00. The molecular formula is C2H5CuLi. The van der Waals surface area contributed by atoms with Crippen molar-refractivity contribution >= 4 is 18.9 Å². The first-order valence-electron chi connectivity index (χ1n) is 0.707. The molecule has 1 radical (unpaired) electrons. The molecule has 0 heterocycles. The van der Waals surface area contributed by atoms with E-state index in [2.05, 4.69) is 6.92 Å². The molecule has 0 atom stereocenters. The van der Waals surface area contributed by atoms with Crippen LogP contribution in [0.3, 0.4) is 0 Å². The van der Waals surface area contributed by atoms with E-state index in [1.54, 1.807) is 6.92 Å². The van der Waals surface area contributed by atoms with Crippen LogP contribution >= 0.6 is 0 Å². The van der Waals surface area contributed by atoms with Crippen molar-refractivity contribution in [1.82, 2.24) is 0 Å². The molecule has 0 spiro atoms. The van der Waals surface area contributed by atoms with Gasteiger partial charge in [-0.25, -0.2) is 0 Å². The summed E-state index contributed by atoms with van der Waals surface area (Å²) in [7, 11) is 0. The topological polar surface area (TPSA) is 0 Å². The van der Waals surface area contributed by atoms with Crippen molar-refractivity contribution in [3.63, 3.8) is 0 Å². The molecule has 0 nitrogen and oxygen atoms in total. The third kappa shape index (κ3) is 11.2. The van der Waals surface area contributed by atoms with Crippen LogP contribution in [0.25, 0.3) is 0 Å². The van der Waals surface area contributed by atoms with E-state index < -0.39 is 0 Å². The molecule has 0 amide bonds. The summed E-state index contributed by atoms with van der Waals surface area (Å²) in [5, 5.41) is 0. The van der Waals surface area contributed by atoms with Gasteiger partial charge in [-0.3, -0.25) is 0 Å². The van der Waals surface area contributed by atoms with Crippen molar-refractivity contribution in [2.45, 2.75) is 6.92 Å². The molecule has 25 valence electrons. The first-order valence-corrected chi connectivity index (χ1v) is 0.707. The Morgan fingerprint density at radius 2 is 1.25 bits per heavy atom. The number of rotatable bonds is 0. The van der Waals surface area contributed by atoms with Gasteiger partial charge in [-0.2, -0.15) is 6.92 Å². The van der Waals surface area contributed by atoms with Crippen LogP contribution in [0, 0.1) is 6.92 Å². The molecular weight excluding hydrogens is 94.5 g/mol. The normalized spacial score (nSPS) is 1.50. The minimum Gasteiger partial charge on any atom is -0.346 e.